The average molecular weight is 198 g/mol. The maximum Gasteiger partial charge on any atom is 0.0266 e. The molecule has 0 aromatic rings. The second kappa shape index (κ2) is 7.86. The van der Waals surface area contributed by atoms with E-state index in [0.29, 0.717) is 6.04 Å². The van der Waals surface area contributed by atoms with Gasteiger partial charge in [-0.05, 0) is 40.1 Å². The monoisotopic (exact) mass is 198 g/mol. The smallest absolute Gasteiger partial charge is 0.0266 e. The van der Waals surface area contributed by atoms with Crippen LogP contribution in [-0.4, -0.2) is 42.0 Å². The van der Waals surface area contributed by atoms with E-state index in [4.69, 9.17) is 0 Å². The van der Waals surface area contributed by atoms with Gasteiger partial charge in [-0.1, -0.05) is 19.9 Å². The molecule has 0 bridgehead atoms. The van der Waals surface area contributed by atoms with E-state index in [2.05, 4.69) is 56.7 Å². The van der Waals surface area contributed by atoms with E-state index < -0.39 is 0 Å². The molecular weight excluding hydrogens is 172 g/mol. The van der Waals surface area contributed by atoms with Crippen molar-refractivity contribution in [3.05, 3.63) is 12.3 Å². The summed E-state index contributed by atoms with van der Waals surface area (Å²) in [5.41, 5.74) is 0. The Balaban J connectivity index is 4.06. The van der Waals surface area contributed by atoms with Crippen LogP contribution in [0, 0.1) is 0 Å². The van der Waals surface area contributed by atoms with Crippen LogP contribution < -0.4 is 0 Å². The molecule has 2 nitrogen and oxygen atoms in total. The van der Waals surface area contributed by atoms with Gasteiger partial charge in [-0.3, -0.25) is 4.90 Å². The van der Waals surface area contributed by atoms with Crippen LogP contribution in [0.15, 0.2) is 12.3 Å². The molecule has 84 valence electrons. The van der Waals surface area contributed by atoms with Crippen LogP contribution in [0.2, 0.25) is 0 Å². The van der Waals surface area contributed by atoms with Crippen molar-refractivity contribution < 1.29 is 0 Å². The molecule has 0 radical (unpaired) electrons. The third-order valence-electron chi connectivity index (χ3n) is 2.78. The fraction of sp³-hybridized carbons (Fsp3) is 0.833. The highest BCUT2D eigenvalue weighted by Gasteiger charge is 2.05. The molecule has 0 amide bonds. The quantitative estimate of drug-likeness (QED) is 0.620. The highest BCUT2D eigenvalue weighted by molar-refractivity contribution is 4.91. The molecule has 14 heavy (non-hydrogen) atoms. The van der Waals surface area contributed by atoms with Gasteiger partial charge in [0, 0.05) is 19.1 Å². The van der Waals surface area contributed by atoms with Gasteiger partial charge in [-0.15, -0.1) is 0 Å². The summed E-state index contributed by atoms with van der Waals surface area (Å²) >= 11 is 0. The van der Waals surface area contributed by atoms with Gasteiger partial charge in [0.05, 0.1) is 0 Å². The van der Waals surface area contributed by atoms with Crippen molar-refractivity contribution in [2.75, 3.05) is 26.2 Å². The zero-order valence-electron chi connectivity index (χ0n) is 10.5. The van der Waals surface area contributed by atoms with Crippen LogP contribution in [0.5, 0.6) is 0 Å². The third-order valence-corrected chi connectivity index (χ3v) is 2.78. The minimum atomic E-state index is 0.547. The summed E-state index contributed by atoms with van der Waals surface area (Å²) in [7, 11) is 0. The van der Waals surface area contributed by atoms with Crippen molar-refractivity contribution in [1.82, 2.24) is 9.80 Å². The molecule has 1 unspecified atom stereocenters. The summed E-state index contributed by atoms with van der Waals surface area (Å²) in [6.07, 6.45) is 4.52. The number of hydrogen-bond acceptors (Lipinski definition) is 2. The van der Waals surface area contributed by atoms with Crippen LogP contribution in [0.25, 0.3) is 0 Å². The lowest BCUT2D eigenvalue weighted by molar-refractivity contribution is 0.265. The number of likely N-dealkylation sites (N-methyl/N-ethyl adjacent to an activating group) is 1. The first-order valence-corrected chi connectivity index (χ1v) is 5.85. The maximum absolute atomic E-state index is 2.44. The Morgan fingerprint density at radius 3 is 1.79 bits per heavy atom. The Morgan fingerprint density at radius 1 is 0.929 bits per heavy atom. The van der Waals surface area contributed by atoms with Gasteiger partial charge in [0.25, 0.3) is 0 Å². The lowest BCUT2D eigenvalue weighted by Crippen LogP contribution is -2.31. The van der Waals surface area contributed by atoms with Crippen molar-refractivity contribution in [3.63, 3.8) is 0 Å². The molecule has 0 saturated heterocycles. The highest BCUT2D eigenvalue weighted by Crippen LogP contribution is 2.01. The summed E-state index contributed by atoms with van der Waals surface area (Å²) < 4.78 is 0. The molecule has 0 aliphatic carbocycles. The topological polar surface area (TPSA) is 6.48 Å². The van der Waals surface area contributed by atoms with Crippen LogP contribution in [-0.2, 0) is 0 Å². The molecule has 0 spiro atoms. The molecule has 1 atom stereocenters. The van der Waals surface area contributed by atoms with Crippen molar-refractivity contribution in [2.24, 2.45) is 0 Å². The van der Waals surface area contributed by atoms with Crippen molar-refractivity contribution in [1.29, 1.82) is 0 Å². The minimum absolute atomic E-state index is 0.547. The number of rotatable bonds is 7. The number of nitrogens with zero attached hydrogens (tertiary/aromatic N) is 2. The van der Waals surface area contributed by atoms with Crippen LogP contribution >= 0.6 is 0 Å². The molecule has 0 heterocycles. The SMILES string of the molecule is CCN(C=CC(C)N(CC)CC)CC. The van der Waals surface area contributed by atoms with Gasteiger partial charge in [0.1, 0.15) is 0 Å². The van der Waals surface area contributed by atoms with E-state index >= 15 is 0 Å². The second-order valence-corrected chi connectivity index (χ2v) is 3.52. The fourth-order valence-electron chi connectivity index (χ4n) is 1.60. The number of hydrogen-bond donors (Lipinski definition) is 0. The first kappa shape index (κ1) is 13.5. The van der Waals surface area contributed by atoms with E-state index in [0.717, 1.165) is 26.2 Å². The van der Waals surface area contributed by atoms with Gasteiger partial charge in [0.2, 0.25) is 0 Å². The molecule has 0 saturated carbocycles. The lowest BCUT2D eigenvalue weighted by atomic mass is 10.2. The normalized spacial score (nSPS) is 13.9. The Labute approximate surface area is 89.6 Å². The second-order valence-electron chi connectivity index (χ2n) is 3.52. The van der Waals surface area contributed by atoms with Gasteiger partial charge in [0.15, 0.2) is 0 Å². The predicted molar refractivity (Wildman–Crippen MR) is 64.4 cm³/mol. The molecule has 0 fully saturated rings. The average Bonchev–Trinajstić information content (AvgIpc) is 2.21. The standard InChI is InChI=1S/C12H26N2/c1-6-13(7-2)11-10-12(5)14(8-3)9-4/h10-12H,6-9H2,1-5H3. The zero-order valence-corrected chi connectivity index (χ0v) is 10.5. The van der Waals surface area contributed by atoms with Crippen LogP contribution in [0.3, 0.4) is 0 Å². The molecule has 0 rings (SSSR count). The summed E-state index contributed by atoms with van der Waals surface area (Å²) in [5, 5.41) is 0. The highest BCUT2D eigenvalue weighted by atomic mass is 15.1. The van der Waals surface area contributed by atoms with Gasteiger partial charge < -0.3 is 4.90 Å². The summed E-state index contributed by atoms with van der Waals surface area (Å²) in [6, 6.07) is 0.547. The van der Waals surface area contributed by atoms with Crippen LogP contribution in [0.1, 0.15) is 34.6 Å². The first-order chi connectivity index (χ1) is 6.69. The first-order valence-electron chi connectivity index (χ1n) is 5.85. The van der Waals surface area contributed by atoms with Crippen molar-refractivity contribution >= 4 is 0 Å². The summed E-state index contributed by atoms with van der Waals surface area (Å²) in [5.74, 6) is 0. The Morgan fingerprint density at radius 2 is 1.43 bits per heavy atom. The van der Waals surface area contributed by atoms with Gasteiger partial charge in [-0.25, -0.2) is 0 Å². The molecule has 0 N–H and O–H groups in total. The Bertz CT molecular complexity index is 146. The molecule has 2 heteroatoms. The molecule has 0 aliphatic heterocycles. The van der Waals surface area contributed by atoms with E-state index in [9.17, 15) is 0 Å². The van der Waals surface area contributed by atoms with Gasteiger partial charge >= 0.3 is 0 Å². The van der Waals surface area contributed by atoms with E-state index in [-0.39, 0.29) is 0 Å². The van der Waals surface area contributed by atoms with E-state index in [1.165, 1.54) is 0 Å². The molecule has 0 aromatic carbocycles. The molecule has 0 aliphatic rings. The van der Waals surface area contributed by atoms with E-state index in [1.54, 1.807) is 0 Å². The van der Waals surface area contributed by atoms with Crippen LogP contribution in [0.4, 0.5) is 0 Å². The zero-order chi connectivity index (χ0) is 11.0. The third kappa shape index (κ3) is 4.66. The molecule has 0 aromatic heterocycles. The fourth-order valence-corrected chi connectivity index (χ4v) is 1.60. The molecular formula is C12H26N2. The minimum Gasteiger partial charge on any atom is -0.378 e. The van der Waals surface area contributed by atoms with Crippen molar-refractivity contribution in [2.45, 2.75) is 40.7 Å². The Kier molecular flexibility index (Phi) is 7.58. The summed E-state index contributed by atoms with van der Waals surface area (Å²) in [6.45, 7) is 15.5. The maximum atomic E-state index is 2.44. The van der Waals surface area contributed by atoms with Crippen molar-refractivity contribution in [3.8, 4) is 0 Å². The van der Waals surface area contributed by atoms with Gasteiger partial charge in [-0.2, -0.15) is 0 Å². The lowest BCUT2D eigenvalue weighted by Gasteiger charge is -2.24. The Hall–Kier alpha value is -0.500. The summed E-state index contributed by atoms with van der Waals surface area (Å²) in [4.78, 5) is 4.76. The predicted octanol–water partition coefficient (Wildman–Crippen LogP) is 2.57. The van der Waals surface area contributed by atoms with E-state index in [1.807, 2.05) is 0 Å². The largest absolute Gasteiger partial charge is 0.378 e.